The van der Waals surface area contributed by atoms with E-state index in [4.69, 9.17) is 15.0 Å². The number of aromatic nitrogens is 5. The van der Waals surface area contributed by atoms with E-state index in [9.17, 15) is 10.5 Å². The summed E-state index contributed by atoms with van der Waals surface area (Å²) < 4.78 is 4.55. The lowest BCUT2D eigenvalue weighted by atomic mass is 9.96. The molecule has 0 amide bonds. The second kappa shape index (κ2) is 15.1. The Labute approximate surface area is 370 Å². The Kier molecular flexibility index (Phi) is 9.01. The highest BCUT2D eigenvalue weighted by Gasteiger charge is 2.26. The lowest BCUT2D eigenvalue weighted by Gasteiger charge is -2.19. The summed E-state index contributed by atoms with van der Waals surface area (Å²) >= 11 is 0. The van der Waals surface area contributed by atoms with Crippen LogP contribution in [0.5, 0.6) is 0 Å². The molecule has 0 aliphatic heterocycles. The molecule has 8 aromatic carbocycles. The quantitative estimate of drug-likeness (QED) is 0.166. The van der Waals surface area contributed by atoms with Crippen LogP contribution in [-0.2, 0) is 0 Å². The minimum Gasteiger partial charge on any atom is -0.308 e. The molecule has 0 fully saturated rings. The lowest BCUT2D eigenvalue weighted by molar-refractivity contribution is 1.06. The maximum atomic E-state index is 11.0. The Balaban J connectivity index is 1.27. The molecule has 302 valence electrons. The Morgan fingerprint density at radius 2 is 0.844 bits per heavy atom. The molecule has 0 N–H and O–H groups in total. The third-order valence-corrected chi connectivity index (χ3v) is 12.3. The molecule has 0 aliphatic carbocycles. The van der Waals surface area contributed by atoms with E-state index in [0.717, 1.165) is 77.2 Å². The zero-order valence-corrected chi connectivity index (χ0v) is 35.7. The minimum atomic E-state index is 0.374. The van der Waals surface area contributed by atoms with Crippen molar-refractivity contribution in [2.24, 2.45) is 0 Å². The average molecular weight is 822 g/mol. The number of nitriles is 2. The molecule has 11 aromatic rings. The van der Waals surface area contributed by atoms with Crippen LogP contribution in [0.2, 0.25) is 0 Å². The van der Waals surface area contributed by atoms with Gasteiger partial charge in [0.05, 0.1) is 67.8 Å². The number of hydrogen-bond acceptors (Lipinski definition) is 5. The predicted octanol–water partition coefficient (Wildman–Crippen LogP) is 13.7. The fourth-order valence-electron chi connectivity index (χ4n) is 9.32. The van der Waals surface area contributed by atoms with Crippen molar-refractivity contribution in [2.45, 2.75) is 27.7 Å². The van der Waals surface area contributed by atoms with Crippen molar-refractivity contribution in [1.82, 2.24) is 24.1 Å². The van der Waals surface area contributed by atoms with Gasteiger partial charge < -0.3 is 9.13 Å². The van der Waals surface area contributed by atoms with E-state index >= 15 is 0 Å². The van der Waals surface area contributed by atoms with Gasteiger partial charge in [0.25, 0.3) is 0 Å². The molecule has 0 saturated heterocycles. The zero-order chi connectivity index (χ0) is 43.6. The monoisotopic (exact) mass is 821 g/mol. The molecule has 0 aliphatic rings. The number of rotatable bonds is 6. The summed E-state index contributed by atoms with van der Waals surface area (Å²) in [5.74, 6) is 1.29. The van der Waals surface area contributed by atoms with Crippen LogP contribution in [0.15, 0.2) is 164 Å². The standard InChI is InChI=1S/C57H39N7/c1-34-16-24-47-43(28-34)44-29-35(2)17-25-48(44)63(47)51-14-8-12-41(33-59)53(51)56-60-55(40-10-6-5-7-11-40)61-57(62-56)54-42(39-22-20-38(32-58)21-23-39)13-9-15-52(54)64-49-26-18-36(3)30-45(49)46-31-37(4)19-27-50(46)64/h5-31H,1-4H3. The van der Waals surface area contributed by atoms with Crippen LogP contribution < -0.4 is 0 Å². The Morgan fingerprint density at radius 3 is 1.33 bits per heavy atom. The van der Waals surface area contributed by atoms with E-state index in [1.807, 2.05) is 66.7 Å². The Bertz CT molecular complexity index is 3670. The number of fused-ring (bicyclic) bond motifs is 6. The summed E-state index contributed by atoms with van der Waals surface area (Å²) in [5, 5.41) is 25.3. The summed E-state index contributed by atoms with van der Waals surface area (Å²) in [6, 6.07) is 60.7. The van der Waals surface area contributed by atoms with Crippen molar-refractivity contribution >= 4 is 43.6 Å². The van der Waals surface area contributed by atoms with Gasteiger partial charge in [-0.1, -0.05) is 107 Å². The molecular weight excluding hydrogens is 783 g/mol. The molecule has 0 spiro atoms. The van der Waals surface area contributed by atoms with E-state index < -0.39 is 0 Å². The van der Waals surface area contributed by atoms with Gasteiger partial charge in [0.15, 0.2) is 17.5 Å². The van der Waals surface area contributed by atoms with Crippen molar-refractivity contribution in [2.75, 3.05) is 0 Å². The molecule has 64 heavy (non-hydrogen) atoms. The van der Waals surface area contributed by atoms with Gasteiger partial charge in [0.2, 0.25) is 0 Å². The molecule has 11 rings (SSSR count). The third-order valence-electron chi connectivity index (χ3n) is 12.3. The Hall–Kier alpha value is -8.65. The van der Waals surface area contributed by atoms with Crippen molar-refractivity contribution in [1.29, 1.82) is 10.5 Å². The molecule has 3 heterocycles. The highest BCUT2D eigenvalue weighted by atomic mass is 15.1. The number of hydrogen-bond donors (Lipinski definition) is 0. The van der Waals surface area contributed by atoms with Crippen LogP contribution in [-0.4, -0.2) is 24.1 Å². The predicted molar refractivity (Wildman–Crippen MR) is 259 cm³/mol. The van der Waals surface area contributed by atoms with Crippen LogP contribution in [0.25, 0.3) is 100 Å². The van der Waals surface area contributed by atoms with Gasteiger partial charge in [0.1, 0.15) is 0 Å². The van der Waals surface area contributed by atoms with E-state index in [-0.39, 0.29) is 0 Å². The van der Waals surface area contributed by atoms with Crippen LogP contribution in [0.4, 0.5) is 0 Å². The third kappa shape index (κ3) is 6.22. The van der Waals surface area contributed by atoms with Gasteiger partial charge >= 0.3 is 0 Å². The van der Waals surface area contributed by atoms with Gasteiger partial charge in [-0.25, -0.2) is 15.0 Å². The maximum Gasteiger partial charge on any atom is 0.167 e. The van der Waals surface area contributed by atoms with Gasteiger partial charge in [-0.15, -0.1) is 0 Å². The molecular formula is C57H39N7. The lowest BCUT2D eigenvalue weighted by Crippen LogP contribution is -2.07. The topological polar surface area (TPSA) is 96.1 Å². The first-order valence-corrected chi connectivity index (χ1v) is 21.3. The fourth-order valence-corrected chi connectivity index (χ4v) is 9.32. The number of benzene rings is 8. The molecule has 0 atom stereocenters. The molecule has 3 aromatic heterocycles. The second-order valence-corrected chi connectivity index (χ2v) is 16.6. The molecule has 7 nitrogen and oxygen atoms in total. The van der Waals surface area contributed by atoms with Crippen molar-refractivity contribution in [3.63, 3.8) is 0 Å². The summed E-state index contributed by atoms with van der Waals surface area (Å²) in [6.45, 7) is 8.48. The fraction of sp³-hybridized carbons (Fsp3) is 0.0702. The zero-order valence-electron chi connectivity index (χ0n) is 35.7. The van der Waals surface area contributed by atoms with Crippen molar-refractivity contribution in [3.8, 4) is 68.8 Å². The summed E-state index contributed by atoms with van der Waals surface area (Å²) in [6.07, 6.45) is 0. The number of aryl methyl sites for hydroxylation is 4. The molecule has 0 saturated carbocycles. The summed E-state index contributed by atoms with van der Waals surface area (Å²) in [5.41, 5.74) is 15.5. The molecule has 0 bridgehead atoms. The first-order valence-electron chi connectivity index (χ1n) is 21.3. The van der Waals surface area contributed by atoms with Crippen molar-refractivity contribution in [3.05, 3.63) is 197 Å². The van der Waals surface area contributed by atoms with Crippen LogP contribution >= 0.6 is 0 Å². The van der Waals surface area contributed by atoms with E-state index in [1.165, 1.54) is 22.3 Å². The van der Waals surface area contributed by atoms with E-state index in [2.05, 4.69) is 146 Å². The van der Waals surface area contributed by atoms with Gasteiger partial charge in [0, 0.05) is 27.1 Å². The van der Waals surface area contributed by atoms with Gasteiger partial charge in [-0.05, 0) is 118 Å². The van der Waals surface area contributed by atoms with E-state index in [1.54, 1.807) is 0 Å². The molecule has 0 radical (unpaired) electrons. The molecule has 7 heteroatoms. The Morgan fingerprint density at radius 1 is 0.391 bits per heavy atom. The van der Waals surface area contributed by atoms with E-state index in [0.29, 0.717) is 34.2 Å². The van der Waals surface area contributed by atoms with Gasteiger partial charge in [-0.3, -0.25) is 0 Å². The first kappa shape index (κ1) is 38.3. The minimum absolute atomic E-state index is 0.374. The highest BCUT2D eigenvalue weighted by molar-refractivity contribution is 6.11. The highest BCUT2D eigenvalue weighted by Crippen LogP contribution is 2.43. The summed E-state index contributed by atoms with van der Waals surface area (Å²) in [7, 11) is 0. The van der Waals surface area contributed by atoms with Gasteiger partial charge in [-0.2, -0.15) is 10.5 Å². The van der Waals surface area contributed by atoms with Crippen LogP contribution in [0.3, 0.4) is 0 Å². The smallest absolute Gasteiger partial charge is 0.167 e. The largest absolute Gasteiger partial charge is 0.308 e. The molecule has 0 unspecified atom stereocenters. The van der Waals surface area contributed by atoms with Crippen LogP contribution in [0.1, 0.15) is 33.4 Å². The SMILES string of the molecule is Cc1ccc2c(c1)c1cc(C)ccc1n2-c1cccc(C#N)c1-c1nc(-c2ccccc2)nc(-c2c(-c3ccc(C#N)cc3)cccc2-n2c3ccc(C)cc3c3cc(C)ccc32)n1. The second-order valence-electron chi connectivity index (χ2n) is 16.6. The first-order chi connectivity index (χ1) is 31.3. The summed E-state index contributed by atoms with van der Waals surface area (Å²) in [4.78, 5) is 16.1. The normalized spacial score (nSPS) is 11.4. The average Bonchev–Trinajstić information content (AvgIpc) is 3.81. The van der Waals surface area contributed by atoms with Crippen molar-refractivity contribution < 1.29 is 0 Å². The number of nitrogens with zero attached hydrogens (tertiary/aromatic N) is 7. The van der Waals surface area contributed by atoms with Crippen LogP contribution in [0, 0.1) is 50.4 Å². The maximum absolute atomic E-state index is 11.0.